The number of piperidine rings is 2. The summed E-state index contributed by atoms with van der Waals surface area (Å²) in [6.45, 7) is 21.5. The van der Waals surface area contributed by atoms with E-state index in [1.807, 2.05) is 6.92 Å². The molecule has 0 radical (unpaired) electrons. The zero-order chi connectivity index (χ0) is 52.2. The first kappa shape index (κ1) is 53.2. The maximum atomic E-state index is 15.0. The molecule has 0 saturated carbocycles. The molecule has 0 unspecified atom stereocenters. The molecule has 394 valence electrons. The smallest absolute Gasteiger partial charge is 0.410 e. The summed E-state index contributed by atoms with van der Waals surface area (Å²) >= 11 is 0. The minimum atomic E-state index is -1.99. The normalized spacial score (nSPS) is 32.9. The molecule has 72 heavy (non-hydrogen) atoms. The molecular formula is C54H76N6O12. The standard InChI is InChI=1S/C54H76N6O12/c1-29(2)27-59-20-18-54(19-21-59)56-40-37-38-45(63)35(8)48-39(37)49(65)52(9,72-48)69-25-15-36(68-11)32(5)47(71-51(67)60-22-16-53(17-23-60)28-58(10)24-26-70-53)34(7)44(62)33(6)43(61)30(3)13-12-14-31(4)50(66)55-42(46(38)64)41(40)57-54/h12-15,25,29-30,32-34,36,43-44,47,61-64H,16-24,26-28H2,1-11H3,(H,55,66)/b13-12+,25-15+,31-14-/t30-,32+,33+,34+,36-,43-,44+,47+,52-/m0/s1. The first-order valence-corrected chi connectivity index (χ1v) is 25.7. The molecule has 2 aromatic carbocycles. The number of nitrogens with zero attached hydrogens (tertiary/aromatic N) is 5. The largest absolute Gasteiger partial charge is 0.507 e. The summed E-state index contributed by atoms with van der Waals surface area (Å²) in [7, 11) is 3.56. The molecule has 2 amide bonds. The van der Waals surface area contributed by atoms with E-state index < -0.39 is 83.1 Å². The number of ether oxygens (including phenoxy) is 5. The highest BCUT2D eigenvalue weighted by atomic mass is 16.7. The van der Waals surface area contributed by atoms with Crippen LogP contribution in [0.3, 0.4) is 0 Å². The maximum Gasteiger partial charge on any atom is 0.410 e. The summed E-state index contributed by atoms with van der Waals surface area (Å²) in [6, 6.07) is 0. The van der Waals surface area contributed by atoms with E-state index in [0.717, 1.165) is 19.6 Å². The van der Waals surface area contributed by atoms with Gasteiger partial charge in [-0.25, -0.2) is 4.79 Å². The number of anilines is 1. The van der Waals surface area contributed by atoms with Crippen molar-refractivity contribution in [3.05, 3.63) is 58.0 Å². The number of carbonyl (C=O) groups is 3. The van der Waals surface area contributed by atoms with Crippen LogP contribution in [0.1, 0.15) is 97.0 Å². The molecule has 3 fully saturated rings. The van der Waals surface area contributed by atoms with Gasteiger partial charge in [-0.15, -0.1) is 0 Å². The number of likely N-dealkylation sites (N-methyl/N-ethyl adjacent to an activating group) is 1. The first-order valence-electron chi connectivity index (χ1n) is 25.7. The number of allylic oxidation sites excluding steroid dienone is 2. The Hall–Kier alpha value is -5.11. The number of benzene rings is 2. The van der Waals surface area contributed by atoms with Crippen molar-refractivity contribution < 1.29 is 58.5 Å². The van der Waals surface area contributed by atoms with Crippen LogP contribution < -0.4 is 20.8 Å². The molecule has 7 aliphatic rings. The van der Waals surface area contributed by atoms with Gasteiger partial charge < -0.3 is 64.1 Å². The van der Waals surface area contributed by atoms with Crippen molar-refractivity contribution in [3.63, 3.8) is 0 Å². The predicted octanol–water partition coefficient (Wildman–Crippen LogP) is 5.12. The van der Waals surface area contributed by atoms with Crippen LogP contribution in [0.5, 0.6) is 17.2 Å². The molecule has 7 heterocycles. The quantitative estimate of drug-likeness (QED) is 0.251. The van der Waals surface area contributed by atoms with Crippen molar-refractivity contribution in [2.75, 3.05) is 71.9 Å². The Labute approximate surface area is 422 Å². The summed E-state index contributed by atoms with van der Waals surface area (Å²) in [6.07, 6.45) is 5.67. The van der Waals surface area contributed by atoms with E-state index >= 15 is 0 Å². The van der Waals surface area contributed by atoms with Crippen molar-refractivity contribution in [2.24, 2.45) is 39.6 Å². The number of phenolic OH excluding ortho intramolecular Hbond substituents is 2. The fourth-order valence-electron chi connectivity index (χ4n) is 11.6. The molecule has 5 bridgehead atoms. The number of amides is 2. The number of methoxy groups -OCH3 is 1. The second-order valence-electron chi connectivity index (χ2n) is 22.0. The van der Waals surface area contributed by atoms with Gasteiger partial charge in [-0.3, -0.25) is 19.6 Å². The molecule has 0 aromatic heterocycles. The fraction of sp³-hybridized carbons (Fsp3) is 0.648. The molecule has 2 aromatic rings. The van der Waals surface area contributed by atoms with Gasteiger partial charge in [0.15, 0.2) is 11.4 Å². The average Bonchev–Trinajstić information content (AvgIpc) is 3.84. The SMILES string of the molecule is CO[C@H]1/C=C/O[C@@]2(C)Oc3c(C)c(O)c4c(O)c(c5c(c4c3C2=O)=NC2(CCN(CC(C)C)CC2)N=5)NC(=O)/C(C)=C\C=C\[C@H](C)[C@H](O)[C@@H](C)[C@@H](O)[C@@H](C)[C@H](OC(=O)N2CCC3(CC2)CN(C)CCO3)[C@@H]1C. The van der Waals surface area contributed by atoms with Crippen molar-refractivity contribution in [2.45, 2.75) is 129 Å². The number of hydrogen-bond acceptors (Lipinski definition) is 16. The molecule has 2 spiro atoms. The first-order chi connectivity index (χ1) is 34.0. The number of ketones is 1. The molecule has 7 aliphatic heterocycles. The lowest BCUT2D eigenvalue weighted by molar-refractivity contribution is -0.131. The Bertz CT molecular complexity index is 2650. The van der Waals surface area contributed by atoms with E-state index in [2.05, 4.69) is 36.0 Å². The molecule has 9 atom stereocenters. The van der Waals surface area contributed by atoms with Gasteiger partial charge in [0.1, 0.15) is 28.6 Å². The summed E-state index contributed by atoms with van der Waals surface area (Å²) in [5.74, 6) is -6.10. The van der Waals surface area contributed by atoms with E-state index in [0.29, 0.717) is 64.4 Å². The number of aliphatic hydroxyl groups is 2. The minimum absolute atomic E-state index is 0.0344. The maximum absolute atomic E-state index is 15.0. The number of likely N-dealkylation sites (tertiary alicyclic amines) is 2. The van der Waals surface area contributed by atoms with Crippen molar-refractivity contribution in [1.82, 2.24) is 14.7 Å². The Morgan fingerprint density at radius 1 is 0.903 bits per heavy atom. The van der Waals surface area contributed by atoms with E-state index in [1.54, 1.807) is 63.8 Å². The van der Waals surface area contributed by atoms with E-state index in [1.165, 1.54) is 20.3 Å². The van der Waals surface area contributed by atoms with Crippen LogP contribution in [-0.4, -0.2) is 161 Å². The Morgan fingerprint density at radius 2 is 1.58 bits per heavy atom. The predicted molar refractivity (Wildman–Crippen MR) is 269 cm³/mol. The van der Waals surface area contributed by atoms with Gasteiger partial charge in [-0.1, -0.05) is 59.8 Å². The molecular weight excluding hydrogens is 925 g/mol. The van der Waals surface area contributed by atoms with Crippen molar-refractivity contribution in [1.29, 1.82) is 0 Å². The average molecular weight is 1000 g/mol. The summed E-state index contributed by atoms with van der Waals surface area (Å²) in [5, 5.41) is 51.2. The van der Waals surface area contributed by atoms with Gasteiger partial charge in [-0.2, -0.15) is 0 Å². The van der Waals surface area contributed by atoms with E-state index in [-0.39, 0.29) is 61.0 Å². The van der Waals surface area contributed by atoms with Crippen LogP contribution in [-0.2, 0) is 23.7 Å². The number of aromatic hydroxyl groups is 2. The third-order valence-electron chi connectivity index (χ3n) is 16.2. The highest BCUT2D eigenvalue weighted by Crippen LogP contribution is 2.50. The highest BCUT2D eigenvalue weighted by Gasteiger charge is 2.51. The number of fused-ring (bicyclic) bond motifs is 13. The van der Waals surface area contributed by atoms with Gasteiger partial charge in [0, 0.05) is 113 Å². The lowest BCUT2D eigenvalue weighted by Gasteiger charge is -2.46. The van der Waals surface area contributed by atoms with Crippen LogP contribution in [0.15, 0.2) is 46.1 Å². The van der Waals surface area contributed by atoms with Gasteiger partial charge in [-0.05, 0) is 45.7 Å². The van der Waals surface area contributed by atoms with Crippen LogP contribution in [0, 0.1) is 36.5 Å². The van der Waals surface area contributed by atoms with Crippen molar-refractivity contribution >= 4 is 34.2 Å². The van der Waals surface area contributed by atoms with Gasteiger partial charge in [0.05, 0.1) is 53.1 Å². The van der Waals surface area contributed by atoms with E-state index in [9.17, 15) is 34.8 Å². The number of phenols is 2. The summed E-state index contributed by atoms with van der Waals surface area (Å²) in [5.41, 5.74) is -0.929. The second kappa shape index (κ2) is 20.7. The highest BCUT2D eigenvalue weighted by molar-refractivity contribution is 6.19. The molecule has 3 saturated heterocycles. The van der Waals surface area contributed by atoms with Gasteiger partial charge >= 0.3 is 11.9 Å². The second-order valence-corrected chi connectivity index (χ2v) is 22.0. The van der Waals surface area contributed by atoms with E-state index in [4.69, 9.17) is 33.7 Å². The van der Waals surface area contributed by atoms with Gasteiger partial charge in [0.25, 0.3) is 11.7 Å². The van der Waals surface area contributed by atoms with Crippen molar-refractivity contribution in [3.8, 4) is 17.2 Å². The lowest BCUT2D eigenvalue weighted by atomic mass is 9.78. The number of carbonyl (C=O) groups excluding carboxylic acids is 3. The van der Waals surface area contributed by atoms with Crippen LogP contribution in [0.4, 0.5) is 10.5 Å². The Kier molecular flexibility index (Phi) is 15.3. The zero-order valence-electron chi connectivity index (χ0n) is 43.9. The molecule has 0 aliphatic carbocycles. The van der Waals surface area contributed by atoms with Crippen LogP contribution in [0.25, 0.3) is 10.8 Å². The molecule has 5 N–H and O–H groups in total. The molecule has 18 nitrogen and oxygen atoms in total. The molecule has 9 rings (SSSR count). The number of rotatable bonds is 4. The fourth-order valence-corrected chi connectivity index (χ4v) is 11.6. The summed E-state index contributed by atoms with van der Waals surface area (Å²) < 4.78 is 31.3. The summed E-state index contributed by atoms with van der Waals surface area (Å²) in [4.78, 5) is 59.9. The Balaban J connectivity index is 1.19. The Morgan fingerprint density at radius 3 is 2.24 bits per heavy atom. The minimum Gasteiger partial charge on any atom is -0.507 e. The molecule has 18 heteroatoms. The lowest BCUT2D eigenvalue weighted by Crippen LogP contribution is -2.57. The number of hydrogen-bond donors (Lipinski definition) is 5. The number of nitrogens with one attached hydrogen (secondary N) is 1. The monoisotopic (exact) mass is 1000 g/mol. The topological polar surface area (TPSA) is 225 Å². The number of Topliss-reactive ketones (excluding diaryl/α,β-unsaturated/α-hetero) is 1. The number of morpholine rings is 1. The van der Waals surface area contributed by atoms with Crippen LogP contribution in [0.2, 0.25) is 0 Å². The number of aliphatic hydroxyl groups excluding tert-OH is 2. The third kappa shape index (κ3) is 9.98. The van der Waals surface area contributed by atoms with Gasteiger partial charge in [0.2, 0.25) is 0 Å². The van der Waals surface area contributed by atoms with Crippen LogP contribution >= 0.6 is 0 Å². The third-order valence-corrected chi connectivity index (χ3v) is 16.2. The zero-order valence-corrected chi connectivity index (χ0v) is 43.9.